The number of nitriles is 1. The fourth-order valence-electron chi connectivity index (χ4n) is 1.88. The van der Waals surface area contributed by atoms with Crippen molar-refractivity contribution < 1.29 is 9.18 Å². The molecule has 2 rings (SSSR count). The lowest BCUT2D eigenvalue weighted by molar-refractivity contribution is 0.0977. The summed E-state index contributed by atoms with van der Waals surface area (Å²) in [6.45, 7) is 0. The predicted octanol–water partition coefficient (Wildman–Crippen LogP) is 5.28. The minimum atomic E-state index is -1.32. The van der Waals surface area contributed by atoms with Crippen molar-refractivity contribution in [3.63, 3.8) is 0 Å². The minimum Gasteiger partial charge on any atom is -0.292 e. The lowest BCUT2D eigenvalue weighted by Gasteiger charge is -2.11. The second-order valence-electron chi connectivity index (χ2n) is 4.23. The third-order valence-corrected chi connectivity index (χ3v) is 3.56. The number of hydrogen-bond acceptors (Lipinski definition) is 2. The molecule has 0 N–H and O–H groups in total. The first-order chi connectivity index (χ1) is 9.93. The number of halogens is 4. The van der Waals surface area contributed by atoms with Crippen molar-refractivity contribution >= 4 is 40.6 Å². The summed E-state index contributed by atoms with van der Waals surface area (Å²) < 4.78 is 14.0. The molecule has 2 nitrogen and oxygen atoms in total. The van der Waals surface area contributed by atoms with Crippen molar-refractivity contribution in [1.29, 1.82) is 5.26 Å². The molecule has 2 aromatic carbocycles. The van der Waals surface area contributed by atoms with Crippen LogP contribution in [0.15, 0.2) is 36.4 Å². The molecule has 1 unspecified atom stereocenters. The van der Waals surface area contributed by atoms with Crippen molar-refractivity contribution in [1.82, 2.24) is 0 Å². The molecule has 1 atom stereocenters. The molecule has 21 heavy (non-hydrogen) atoms. The van der Waals surface area contributed by atoms with Gasteiger partial charge < -0.3 is 0 Å². The maximum absolute atomic E-state index is 14.0. The number of ketones is 1. The Hall–Kier alpha value is -1.60. The minimum absolute atomic E-state index is 0.0777. The summed E-state index contributed by atoms with van der Waals surface area (Å²) in [5, 5.41) is 9.59. The van der Waals surface area contributed by atoms with E-state index in [9.17, 15) is 14.4 Å². The van der Waals surface area contributed by atoms with Crippen molar-refractivity contribution in [2.75, 3.05) is 0 Å². The first-order valence-corrected chi connectivity index (χ1v) is 6.91. The number of Topliss-reactive ketones (excluding diaryl/α,β-unsaturated/α-hetero) is 1. The van der Waals surface area contributed by atoms with Crippen LogP contribution in [0, 0.1) is 17.1 Å². The molecule has 0 aromatic heterocycles. The standard InChI is InChI=1S/C15H7Cl3FNO/c16-9-4-8(5-10(17)6-9)15(21)12(7-20)11-2-1-3-13(18)14(11)19/h1-6,12H. The van der Waals surface area contributed by atoms with Gasteiger partial charge in [0.2, 0.25) is 0 Å². The molecule has 6 heteroatoms. The molecule has 0 heterocycles. The van der Waals surface area contributed by atoms with Gasteiger partial charge in [-0.05, 0) is 24.3 Å². The lowest BCUT2D eigenvalue weighted by atomic mass is 9.91. The van der Waals surface area contributed by atoms with E-state index in [0.29, 0.717) is 0 Å². The van der Waals surface area contributed by atoms with Crippen LogP contribution >= 0.6 is 34.8 Å². The normalized spacial score (nSPS) is 11.8. The van der Waals surface area contributed by atoms with Gasteiger partial charge >= 0.3 is 0 Å². The average molecular weight is 343 g/mol. The van der Waals surface area contributed by atoms with Gasteiger partial charge in [-0.2, -0.15) is 5.26 Å². The molecule has 106 valence electrons. The molecule has 0 saturated carbocycles. The Morgan fingerprint density at radius 3 is 2.33 bits per heavy atom. The van der Waals surface area contributed by atoms with E-state index >= 15 is 0 Å². The third-order valence-electron chi connectivity index (χ3n) is 2.83. The molecule has 0 amide bonds. The number of hydrogen-bond donors (Lipinski definition) is 0. The maximum atomic E-state index is 14.0. The van der Waals surface area contributed by atoms with Crippen LogP contribution in [0.5, 0.6) is 0 Å². The zero-order valence-corrected chi connectivity index (χ0v) is 12.7. The summed E-state index contributed by atoms with van der Waals surface area (Å²) in [5.41, 5.74) is 0.0597. The highest BCUT2D eigenvalue weighted by atomic mass is 35.5. The van der Waals surface area contributed by atoms with Crippen molar-refractivity contribution in [2.45, 2.75) is 5.92 Å². The van der Waals surface area contributed by atoms with Crippen LogP contribution in [0.3, 0.4) is 0 Å². The van der Waals surface area contributed by atoms with E-state index in [2.05, 4.69) is 0 Å². The van der Waals surface area contributed by atoms with Crippen LogP contribution in [0.1, 0.15) is 21.8 Å². The number of nitrogens with zero attached hydrogens (tertiary/aromatic N) is 1. The quantitative estimate of drug-likeness (QED) is 0.712. The van der Waals surface area contributed by atoms with Gasteiger partial charge in [-0.1, -0.05) is 46.9 Å². The molecule has 0 fully saturated rings. The van der Waals surface area contributed by atoms with Crippen LogP contribution in [-0.2, 0) is 0 Å². The number of carbonyl (C=O) groups is 1. The molecule has 0 saturated heterocycles. The Kier molecular flexibility index (Phi) is 4.84. The zero-order valence-electron chi connectivity index (χ0n) is 10.4. The number of carbonyl (C=O) groups excluding carboxylic acids is 1. The Morgan fingerprint density at radius 1 is 1.14 bits per heavy atom. The highest BCUT2D eigenvalue weighted by Crippen LogP contribution is 2.29. The van der Waals surface area contributed by atoms with Gasteiger partial charge in [0.15, 0.2) is 5.78 Å². The molecular formula is C15H7Cl3FNO. The summed E-state index contributed by atoms with van der Waals surface area (Å²) in [4.78, 5) is 12.4. The van der Waals surface area contributed by atoms with Crippen molar-refractivity contribution in [3.8, 4) is 6.07 Å². The fourth-order valence-corrected chi connectivity index (χ4v) is 2.58. The Bertz CT molecular complexity index is 735. The summed E-state index contributed by atoms with van der Waals surface area (Å²) in [6.07, 6.45) is 0. The van der Waals surface area contributed by atoms with Gasteiger partial charge in [0.1, 0.15) is 11.7 Å². The molecular weight excluding hydrogens is 336 g/mol. The van der Waals surface area contributed by atoms with E-state index in [1.807, 2.05) is 0 Å². The maximum Gasteiger partial charge on any atom is 0.184 e. The van der Waals surface area contributed by atoms with E-state index in [4.69, 9.17) is 34.8 Å². The van der Waals surface area contributed by atoms with Crippen LogP contribution in [-0.4, -0.2) is 5.78 Å². The first kappa shape index (κ1) is 15.8. The van der Waals surface area contributed by atoms with E-state index in [1.54, 1.807) is 6.07 Å². The second kappa shape index (κ2) is 6.44. The predicted molar refractivity (Wildman–Crippen MR) is 80.6 cm³/mol. The van der Waals surface area contributed by atoms with E-state index < -0.39 is 17.5 Å². The zero-order chi connectivity index (χ0) is 15.6. The molecule has 0 radical (unpaired) electrons. The van der Waals surface area contributed by atoms with E-state index in [1.165, 1.54) is 36.4 Å². The van der Waals surface area contributed by atoms with Crippen LogP contribution in [0.4, 0.5) is 4.39 Å². The first-order valence-electron chi connectivity index (χ1n) is 5.78. The lowest BCUT2D eigenvalue weighted by Crippen LogP contribution is -2.13. The second-order valence-corrected chi connectivity index (χ2v) is 5.51. The smallest absolute Gasteiger partial charge is 0.184 e. The average Bonchev–Trinajstić information content (AvgIpc) is 2.43. The van der Waals surface area contributed by atoms with Crippen LogP contribution in [0.2, 0.25) is 15.1 Å². The Balaban J connectivity index is 2.49. The largest absolute Gasteiger partial charge is 0.292 e. The Morgan fingerprint density at radius 2 is 1.76 bits per heavy atom. The molecule has 0 aliphatic rings. The summed E-state index contributed by atoms with van der Waals surface area (Å²) in [7, 11) is 0. The fraction of sp³-hybridized carbons (Fsp3) is 0.0667. The SMILES string of the molecule is N#CC(C(=O)c1cc(Cl)cc(Cl)c1)c1cccc(Cl)c1F. The number of rotatable bonds is 3. The highest BCUT2D eigenvalue weighted by Gasteiger charge is 2.26. The van der Waals surface area contributed by atoms with Gasteiger partial charge in [-0.25, -0.2) is 4.39 Å². The van der Waals surface area contributed by atoms with E-state index in [-0.39, 0.29) is 26.2 Å². The molecule has 0 aliphatic heterocycles. The van der Waals surface area contributed by atoms with Crippen LogP contribution in [0.25, 0.3) is 0 Å². The van der Waals surface area contributed by atoms with Gasteiger partial charge in [-0.15, -0.1) is 0 Å². The van der Waals surface area contributed by atoms with Crippen LogP contribution < -0.4 is 0 Å². The molecule has 2 aromatic rings. The molecule has 0 spiro atoms. The Labute approximate surface area is 135 Å². The van der Waals surface area contributed by atoms with Gasteiger partial charge in [0, 0.05) is 21.2 Å². The van der Waals surface area contributed by atoms with Gasteiger partial charge in [0.25, 0.3) is 0 Å². The molecule has 0 bridgehead atoms. The van der Waals surface area contributed by atoms with E-state index in [0.717, 1.165) is 0 Å². The summed E-state index contributed by atoms with van der Waals surface area (Å²) in [6, 6.07) is 10.2. The number of benzene rings is 2. The van der Waals surface area contributed by atoms with Crippen molar-refractivity contribution in [3.05, 3.63) is 68.4 Å². The molecule has 0 aliphatic carbocycles. The summed E-state index contributed by atoms with van der Waals surface area (Å²) >= 11 is 17.3. The van der Waals surface area contributed by atoms with Crippen molar-refractivity contribution in [2.24, 2.45) is 0 Å². The topological polar surface area (TPSA) is 40.9 Å². The monoisotopic (exact) mass is 341 g/mol. The van der Waals surface area contributed by atoms with Gasteiger partial charge in [-0.3, -0.25) is 4.79 Å². The van der Waals surface area contributed by atoms with Gasteiger partial charge in [0.05, 0.1) is 11.1 Å². The highest BCUT2D eigenvalue weighted by molar-refractivity contribution is 6.35. The third kappa shape index (κ3) is 3.36. The summed E-state index contributed by atoms with van der Waals surface area (Å²) in [5.74, 6) is -2.70.